The minimum atomic E-state index is -0.968. The average Bonchev–Trinajstić information content (AvgIpc) is 1.96. The molecule has 0 saturated carbocycles. The number of rotatable bonds is 1. The third-order valence-corrected chi connectivity index (χ3v) is 1.67. The summed E-state index contributed by atoms with van der Waals surface area (Å²) in [5, 5.41) is 8.73. The fourth-order valence-corrected chi connectivity index (χ4v) is 0.983. The molecule has 0 aliphatic rings. The van der Waals surface area contributed by atoms with Gasteiger partial charge in [-0.2, -0.15) is 0 Å². The van der Waals surface area contributed by atoms with E-state index in [1.165, 1.54) is 6.07 Å². The van der Waals surface area contributed by atoms with Crippen LogP contribution in [0, 0.1) is 13.8 Å². The number of hydrogen-bond donors (Lipinski definition) is 2. The van der Waals surface area contributed by atoms with Crippen molar-refractivity contribution in [1.82, 2.24) is 4.98 Å². The molecule has 0 saturated heterocycles. The van der Waals surface area contributed by atoms with E-state index in [-0.39, 0.29) is 11.4 Å². The van der Waals surface area contributed by atoms with E-state index >= 15 is 0 Å². The van der Waals surface area contributed by atoms with Gasteiger partial charge in [0.15, 0.2) is 0 Å². The largest absolute Gasteiger partial charge is 0.478 e. The first-order chi connectivity index (χ1) is 5.52. The van der Waals surface area contributed by atoms with E-state index in [0.29, 0.717) is 11.3 Å². The fourth-order valence-electron chi connectivity index (χ4n) is 0.983. The Bertz CT molecular complexity index is 334. The second-order valence-electron chi connectivity index (χ2n) is 2.63. The highest BCUT2D eigenvalue weighted by Gasteiger charge is 2.10. The van der Waals surface area contributed by atoms with Gasteiger partial charge in [-0.05, 0) is 19.9 Å². The van der Waals surface area contributed by atoms with Gasteiger partial charge in [0.05, 0.1) is 5.56 Å². The summed E-state index contributed by atoms with van der Waals surface area (Å²) in [4.78, 5) is 14.6. The number of nitrogen functional groups attached to an aromatic ring is 1. The van der Waals surface area contributed by atoms with Crippen molar-refractivity contribution >= 4 is 11.8 Å². The summed E-state index contributed by atoms with van der Waals surface area (Å²) in [6.45, 7) is 3.35. The second-order valence-corrected chi connectivity index (χ2v) is 2.63. The van der Waals surface area contributed by atoms with Crippen LogP contribution in [0.1, 0.15) is 21.6 Å². The molecule has 0 aliphatic carbocycles. The van der Waals surface area contributed by atoms with Gasteiger partial charge in [-0.3, -0.25) is 0 Å². The molecule has 4 heteroatoms. The van der Waals surface area contributed by atoms with Crippen LogP contribution >= 0.6 is 0 Å². The Labute approximate surface area is 70.0 Å². The van der Waals surface area contributed by atoms with Gasteiger partial charge < -0.3 is 10.8 Å². The molecule has 0 aliphatic heterocycles. The van der Waals surface area contributed by atoms with Crippen molar-refractivity contribution < 1.29 is 9.90 Å². The number of anilines is 1. The average molecular weight is 166 g/mol. The summed E-state index contributed by atoms with van der Waals surface area (Å²) in [5.41, 5.74) is 6.85. The third-order valence-electron chi connectivity index (χ3n) is 1.67. The summed E-state index contributed by atoms with van der Waals surface area (Å²) < 4.78 is 0. The van der Waals surface area contributed by atoms with E-state index in [1.54, 1.807) is 13.8 Å². The number of aromatic nitrogens is 1. The number of carboxylic acid groups (broad SMARTS) is 1. The maximum atomic E-state index is 10.6. The lowest BCUT2D eigenvalue weighted by molar-refractivity contribution is 0.0696. The first kappa shape index (κ1) is 8.52. The van der Waals surface area contributed by atoms with Crippen molar-refractivity contribution in [3.8, 4) is 0 Å². The molecule has 1 aromatic heterocycles. The van der Waals surface area contributed by atoms with Crippen molar-refractivity contribution in [2.45, 2.75) is 13.8 Å². The molecular formula is C8H10N2O2. The molecule has 0 radical (unpaired) electrons. The van der Waals surface area contributed by atoms with E-state index in [1.807, 2.05) is 0 Å². The monoisotopic (exact) mass is 166 g/mol. The van der Waals surface area contributed by atoms with Crippen LogP contribution in [0.4, 0.5) is 5.82 Å². The van der Waals surface area contributed by atoms with Crippen molar-refractivity contribution in [1.29, 1.82) is 0 Å². The first-order valence-electron chi connectivity index (χ1n) is 3.49. The number of carboxylic acids is 1. The zero-order valence-corrected chi connectivity index (χ0v) is 6.96. The summed E-state index contributed by atoms with van der Waals surface area (Å²) in [6, 6.07) is 1.51. The van der Waals surface area contributed by atoms with Gasteiger partial charge in [-0.1, -0.05) is 0 Å². The SMILES string of the molecule is Cc1cc(C(=O)O)c(C)c(N)n1. The van der Waals surface area contributed by atoms with Crippen LogP contribution in [0.15, 0.2) is 6.07 Å². The standard InChI is InChI=1S/C8H10N2O2/c1-4-3-6(8(11)12)5(2)7(9)10-4/h3H,1-2H3,(H2,9,10)(H,11,12). The lowest BCUT2D eigenvalue weighted by Crippen LogP contribution is -2.05. The van der Waals surface area contributed by atoms with Crippen molar-refractivity contribution in [2.24, 2.45) is 0 Å². The second kappa shape index (κ2) is 2.81. The molecule has 0 fully saturated rings. The van der Waals surface area contributed by atoms with Gasteiger partial charge in [0.25, 0.3) is 0 Å². The van der Waals surface area contributed by atoms with Crippen molar-refractivity contribution in [3.05, 3.63) is 22.9 Å². The molecule has 1 aromatic rings. The molecule has 0 atom stereocenters. The van der Waals surface area contributed by atoms with E-state index < -0.39 is 5.97 Å². The molecule has 3 N–H and O–H groups in total. The molecule has 0 bridgehead atoms. The fraction of sp³-hybridized carbons (Fsp3) is 0.250. The Morgan fingerprint density at radius 3 is 2.67 bits per heavy atom. The highest BCUT2D eigenvalue weighted by atomic mass is 16.4. The van der Waals surface area contributed by atoms with Gasteiger partial charge in [0, 0.05) is 11.3 Å². The zero-order valence-electron chi connectivity index (χ0n) is 6.96. The summed E-state index contributed by atoms with van der Waals surface area (Å²) in [7, 11) is 0. The molecule has 0 amide bonds. The number of carbonyl (C=O) groups is 1. The summed E-state index contributed by atoms with van der Waals surface area (Å²) in [6.07, 6.45) is 0. The maximum Gasteiger partial charge on any atom is 0.336 e. The van der Waals surface area contributed by atoms with Crippen LogP contribution in [-0.4, -0.2) is 16.1 Å². The number of aromatic carboxylic acids is 1. The summed E-state index contributed by atoms with van der Waals surface area (Å²) >= 11 is 0. The minimum absolute atomic E-state index is 0.222. The molecule has 0 unspecified atom stereocenters. The number of hydrogen-bond acceptors (Lipinski definition) is 3. The van der Waals surface area contributed by atoms with Gasteiger partial charge in [0.2, 0.25) is 0 Å². The van der Waals surface area contributed by atoms with Crippen LogP contribution in [0.5, 0.6) is 0 Å². The topological polar surface area (TPSA) is 76.2 Å². The highest BCUT2D eigenvalue weighted by Crippen LogP contribution is 2.14. The predicted molar refractivity (Wildman–Crippen MR) is 45.1 cm³/mol. The normalized spacial score (nSPS) is 9.83. The van der Waals surface area contributed by atoms with Crippen molar-refractivity contribution in [3.63, 3.8) is 0 Å². The Hall–Kier alpha value is -1.58. The Morgan fingerprint density at radius 1 is 1.58 bits per heavy atom. The van der Waals surface area contributed by atoms with E-state index in [0.717, 1.165) is 0 Å². The lowest BCUT2D eigenvalue weighted by atomic mass is 10.1. The van der Waals surface area contributed by atoms with E-state index in [4.69, 9.17) is 10.8 Å². The molecule has 4 nitrogen and oxygen atoms in total. The van der Waals surface area contributed by atoms with Gasteiger partial charge in [0.1, 0.15) is 5.82 Å². The number of pyridine rings is 1. The van der Waals surface area contributed by atoms with E-state index in [9.17, 15) is 4.79 Å². The lowest BCUT2D eigenvalue weighted by Gasteiger charge is -2.04. The van der Waals surface area contributed by atoms with E-state index in [2.05, 4.69) is 4.98 Å². The summed E-state index contributed by atoms with van der Waals surface area (Å²) in [5.74, 6) is -0.683. The Morgan fingerprint density at radius 2 is 2.17 bits per heavy atom. The molecule has 0 aromatic carbocycles. The van der Waals surface area contributed by atoms with Crippen LogP contribution in [0.2, 0.25) is 0 Å². The number of nitrogens with zero attached hydrogens (tertiary/aromatic N) is 1. The number of nitrogens with two attached hydrogens (primary N) is 1. The molecule has 64 valence electrons. The molecular weight excluding hydrogens is 156 g/mol. The van der Waals surface area contributed by atoms with Crippen LogP contribution < -0.4 is 5.73 Å². The number of aryl methyl sites for hydroxylation is 1. The van der Waals surface area contributed by atoms with Crippen LogP contribution in [0.3, 0.4) is 0 Å². The minimum Gasteiger partial charge on any atom is -0.478 e. The highest BCUT2D eigenvalue weighted by molar-refractivity contribution is 5.90. The predicted octanol–water partition coefficient (Wildman–Crippen LogP) is 0.979. The van der Waals surface area contributed by atoms with Gasteiger partial charge in [-0.25, -0.2) is 9.78 Å². The molecule has 1 heterocycles. The van der Waals surface area contributed by atoms with Gasteiger partial charge >= 0.3 is 5.97 Å². The third kappa shape index (κ3) is 1.37. The smallest absolute Gasteiger partial charge is 0.336 e. The Kier molecular flexibility index (Phi) is 1.99. The van der Waals surface area contributed by atoms with Crippen molar-refractivity contribution in [2.75, 3.05) is 5.73 Å². The quantitative estimate of drug-likeness (QED) is 0.652. The molecule has 12 heavy (non-hydrogen) atoms. The van der Waals surface area contributed by atoms with Crippen LogP contribution in [0.25, 0.3) is 0 Å². The van der Waals surface area contributed by atoms with Crippen LogP contribution in [-0.2, 0) is 0 Å². The Balaban J connectivity index is 3.37. The zero-order chi connectivity index (χ0) is 9.30. The molecule has 1 rings (SSSR count). The maximum absolute atomic E-state index is 10.6. The molecule has 0 spiro atoms. The van der Waals surface area contributed by atoms with Gasteiger partial charge in [-0.15, -0.1) is 0 Å². The first-order valence-corrected chi connectivity index (χ1v) is 3.49.